The van der Waals surface area contributed by atoms with E-state index in [4.69, 9.17) is 16.3 Å². The summed E-state index contributed by atoms with van der Waals surface area (Å²) in [6.45, 7) is 4.28. The van der Waals surface area contributed by atoms with Crippen molar-refractivity contribution in [1.29, 1.82) is 0 Å². The predicted octanol–water partition coefficient (Wildman–Crippen LogP) is 4.87. The smallest absolute Gasteiger partial charge is 0.251 e. The maximum Gasteiger partial charge on any atom is 0.251 e. The number of benzene rings is 2. The molecule has 2 aromatic rings. The Bertz CT molecular complexity index is 653. The summed E-state index contributed by atoms with van der Waals surface area (Å²) in [5.74, 6) is 1.15. The quantitative estimate of drug-likeness (QED) is 0.820. The number of rotatable bonds is 6. The van der Waals surface area contributed by atoms with Crippen LogP contribution in [0.1, 0.15) is 42.2 Å². The van der Waals surface area contributed by atoms with E-state index in [0.29, 0.717) is 16.5 Å². The van der Waals surface area contributed by atoms with E-state index in [1.165, 1.54) is 0 Å². The van der Waals surface area contributed by atoms with E-state index in [-0.39, 0.29) is 11.9 Å². The van der Waals surface area contributed by atoms with Crippen LogP contribution >= 0.6 is 11.6 Å². The molecule has 0 aliphatic rings. The Hall–Kier alpha value is -2.00. The average molecular weight is 332 g/mol. The standard InChI is InChI=1S/C19H22ClNO2/c1-13(2)11-18(14-7-9-17(23-3)10-8-14)21-19(22)15-5-4-6-16(20)12-15/h4-10,12-13,18H,11H2,1-3H3,(H,21,22)/t18-/m0/s1. The molecule has 23 heavy (non-hydrogen) atoms. The summed E-state index contributed by atoms with van der Waals surface area (Å²) in [4.78, 5) is 12.5. The second-order valence-corrected chi connectivity index (χ2v) is 6.38. The molecule has 0 saturated heterocycles. The van der Waals surface area contributed by atoms with Crippen molar-refractivity contribution in [2.75, 3.05) is 7.11 Å². The van der Waals surface area contributed by atoms with E-state index in [1.807, 2.05) is 24.3 Å². The summed E-state index contributed by atoms with van der Waals surface area (Å²) in [6, 6.07) is 14.7. The highest BCUT2D eigenvalue weighted by Gasteiger charge is 2.17. The van der Waals surface area contributed by atoms with Crippen LogP contribution in [0.3, 0.4) is 0 Å². The largest absolute Gasteiger partial charge is 0.497 e. The van der Waals surface area contributed by atoms with Crippen LogP contribution in [-0.2, 0) is 0 Å². The highest BCUT2D eigenvalue weighted by atomic mass is 35.5. The molecule has 0 heterocycles. The van der Waals surface area contributed by atoms with Gasteiger partial charge in [0.15, 0.2) is 0 Å². The fraction of sp³-hybridized carbons (Fsp3) is 0.316. The SMILES string of the molecule is COc1ccc([C@H](CC(C)C)NC(=O)c2cccc(Cl)c2)cc1. The van der Waals surface area contributed by atoms with E-state index in [2.05, 4.69) is 19.2 Å². The van der Waals surface area contributed by atoms with Gasteiger partial charge in [-0.2, -0.15) is 0 Å². The Labute approximate surface area is 142 Å². The summed E-state index contributed by atoms with van der Waals surface area (Å²) in [6.07, 6.45) is 0.860. The van der Waals surface area contributed by atoms with Crippen LogP contribution in [-0.4, -0.2) is 13.0 Å². The number of hydrogen-bond donors (Lipinski definition) is 1. The van der Waals surface area contributed by atoms with Crippen LogP contribution in [0.4, 0.5) is 0 Å². The van der Waals surface area contributed by atoms with Gasteiger partial charge in [-0.15, -0.1) is 0 Å². The Morgan fingerprint density at radius 2 is 1.87 bits per heavy atom. The number of carbonyl (C=O) groups excluding carboxylic acids is 1. The lowest BCUT2D eigenvalue weighted by atomic mass is 9.96. The fourth-order valence-corrected chi connectivity index (χ4v) is 2.65. The van der Waals surface area contributed by atoms with Gasteiger partial charge in [0.1, 0.15) is 5.75 Å². The normalized spacial score (nSPS) is 12.0. The van der Waals surface area contributed by atoms with Crippen molar-refractivity contribution in [2.45, 2.75) is 26.3 Å². The second-order valence-electron chi connectivity index (χ2n) is 5.94. The zero-order valence-corrected chi connectivity index (χ0v) is 14.4. The minimum Gasteiger partial charge on any atom is -0.497 e. The topological polar surface area (TPSA) is 38.3 Å². The van der Waals surface area contributed by atoms with E-state index in [1.54, 1.807) is 31.4 Å². The molecule has 1 N–H and O–H groups in total. The molecule has 0 unspecified atom stereocenters. The predicted molar refractivity (Wildman–Crippen MR) is 94.1 cm³/mol. The van der Waals surface area contributed by atoms with Crippen molar-refractivity contribution in [3.8, 4) is 5.75 Å². The number of hydrogen-bond acceptors (Lipinski definition) is 2. The first-order valence-corrected chi connectivity index (χ1v) is 8.07. The van der Waals surface area contributed by atoms with Crippen molar-refractivity contribution < 1.29 is 9.53 Å². The maximum atomic E-state index is 12.5. The van der Waals surface area contributed by atoms with Crippen molar-refractivity contribution in [3.05, 3.63) is 64.7 Å². The number of nitrogens with one attached hydrogen (secondary N) is 1. The van der Waals surface area contributed by atoms with Gasteiger partial charge in [-0.3, -0.25) is 4.79 Å². The first kappa shape index (κ1) is 17.4. The van der Waals surface area contributed by atoms with Crippen LogP contribution in [0.15, 0.2) is 48.5 Å². The number of methoxy groups -OCH3 is 1. The average Bonchev–Trinajstić information content (AvgIpc) is 2.54. The zero-order chi connectivity index (χ0) is 16.8. The Morgan fingerprint density at radius 3 is 2.43 bits per heavy atom. The van der Waals surface area contributed by atoms with Crippen LogP contribution < -0.4 is 10.1 Å². The van der Waals surface area contributed by atoms with Crippen molar-refractivity contribution in [2.24, 2.45) is 5.92 Å². The van der Waals surface area contributed by atoms with Gasteiger partial charge >= 0.3 is 0 Å². The van der Waals surface area contributed by atoms with E-state index in [9.17, 15) is 4.79 Å². The molecule has 0 fully saturated rings. The van der Waals surface area contributed by atoms with Crippen molar-refractivity contribution in [3.63, 3.8) is 0 Å². The number of carbonyl (C=O) groups is 1. The van der Waals surface area contributed by atoms with Gasteiger partial charge in [0.2, 0.25) is 0 Å². The van der Waals surface area contributed by atoms with Crippen LogP contribution in [0.2, 0.25) is 5.02 Å². The van der Waals surface area contributed by atoms with Crippen LogP contribution in [0.25, 0.3) is 0 Å². The zero-order valence-electron chi connectivity index (χ0n) is 13.7. The van der Waals surface area contributed by atoms with E-state index >= 15 is 0 Å². The molecule has 122 valence electrons. The summed E-state index contributed by atoms with van der Waals surface area (Å²) >= 11 is 5.97. The summed E-state index contributed by atoms with van der Waals surface area (Å²) < 4.78 is 5.19. The first-order chi connectivity index (χ1) is 11.0. The summed E-state index contributed by atoms with van der Waals surface area (Å²) in [7, 11) is 1.64. The fourth-order valence-electron chi connectivity index (χ4n) is 2.46. The number of amides is 1. The second kappa shape index (κ2) is 8.02. The Kier molecular flexibility index (Phi) is 6.05. The molecular formula is C19H22ClNO2. The van der Waals surface area contributed by atoms with E-state index < -0.39 is 0 Å². The molecule has 0 spiro atoms. The third-order valence-electron chi connectivity index (χ3n) is 3.62. The molecular weight excluding hydrogens is 310 g/mol. The van der Waals surface area contributed by atoms with E-state index in [0.717, 1.165) is 17.7 Å². The lowest BCUT2D eigenvalue weighted by Gasteiger charge is -2.21. The lowest BCUT2D eigenvalue weighted by Crippen LogP contribution is -2.29. The van der Waals surface area contributed by atoms with Gasteiger partial charge < -0.3 is 10.1 Å². The molecule has 1 amide bonds. The highest BCUT2D eigenvalue weighted by molar-refractivity contribution is 6.30. The molecule has 1 atom stereocenters. The van der Waals surface area contributed by atoms with Gasteiger partial charge in [0.05, 0.1) is 13.2 Å². The molecule has 2 aromatic carbocycles. The Balaban J connectivity index is 2.19. The molecule has 0 aliphatic heterocycles. The maximum absolute atomic E-state index is 12.5. The van der Waals surface area contributed by atoms with Gasteiger partial charge in [-0.1, -0.05) is 43.6 Å². The minimum atomic E-state index is -0.117. The Morgan fingerprint density at radius 1 is 1.17 bits per heavy atom. The first-order valence-electron chi connectivity index (χ1n) is 7.70. The third-order valence-corrected chi connectivity index (χ3v) is 3.85. The van der Waals surface area contributed by atoms with Crippen LogP contribution in [0.5, 0.6) is 5.75 Å². The van der Waals surface area contributed by atoms with Crippen LogP contribution in [0, 0.1) is 5.92 Å². The molecule has 0 aliphatic carbocycles. The van der Waals surface area contributed by atoms with Crippen molar-refractivity contribution >= 4 is 17.5 Å². The molecule has 0 aromatic heterocycles. The molecule has 0 bridgehead atoms. The number of halogens is 1. The summed E-state index contributed by atoms with van der Waals surface area (Å²) in [5, 5.41) is 3.67. The van der Waals surface area contributed by atoms with Gasteiger partial charge in [0.25, 0.3) is 5.91 Å². The molecule has 0 radical (unpaired) electrons. The monoisotopic (exact) mass is 331 g/mol. The highest BCUT2D eigenvalue weighted by Crippen LogP contribution is 2.24. The number of ether oxygens (including phenoxy) is 1. The molecule has 3 nitrogen and oxygen atoms in total. The minimum absolute atomic E-state index is 0.0487. The lowest BCUT2D eigenvalue weighted by molar-refractivity contribution is 0.0932. The molecule has 2 rings (SSSR count). The van der Waals surface area contributed by atoms with Gasteiger partial charge in [-0.25, -0.2) is 0 Å². The molecule has 0 saturated carbocycles. The van der Waals surface area contributed by atoms with Gasteiger partial charge in [0, 0.05) is 10.6 Å². The third kappa shape index (κ3) is 5.00. The van der Waals surface area contributed by atoms with Crippen molar-refractivity contribution in [1.82, 2.24) is 5.32 Å². The summed E-state index contributed by atoms with van der Waals surface area (Å²) in [5.41, 5.74) is 1.63. The molecule has 4 heteroatoms. The van der Waals surface area contributed by atoms with Gasteiger partial charge in [-0.05, 0) is 48.2 Å².